The van der Waals surface area contributed by atoms with Crippen LogP contribution in [0.3, 0.4) is 0 Å². The number of hydrogen-bond acceptors (Lipinski definition) is 6. The topological polar surface area (TPSA) is 76.2 Å². The van der Waals surface area contributed by atoms with Crippen LogP contribution < -0.4 is 0 Å². The quantitative estimate of drug-likeness (QED) is 0.770. The van der Waals surface area contributed by atoms with E-state index in [1.807, 2.05) is 0 Å². The van der Waals surface area contributed by atoms with E-state index in [1.54, 1.807) is 16.3 Å². The van der Waals surface area contributed by atoms with Gasteiger partial charge in [-0.2, -0.15) is 4.31 Å². The molecule has 26 heavy (non-hydrogen) atoms. The molecule has 0 spiro atoms. The van der Waals surface area contributed by atoms with Gasteiger partial charge in [0.15, 0.2) is 6.29 Å². The fourth-order valence-corrected chi connectivity index (χ4v) is 6.81. The third-order valence-corrected chi connectivity index (χ3v) is 8.26. The van der Waals surface area contributed by atoms with Crippen molar-refractivity contribution < 1.29 is 22.7 Å². The number of likely N-dealkylation sites (tertiary alicyclic amines) is 1. The first kappa shape index (κ1) is 18.4. The minimum atomic E-state index is -3.59. The summed E-state index contributed by atoms with van der Waals surface area (Å²) < 4.78 is 38.5. The van der Waals surface area contributed by atoms with Crippen molar-refractivity contribution in [1.29, 1.82) is 0 Å². The maximum atomic E-state index is 13.1. The van der Waals surface area contributed by atoms with Crippen molar-refractivity contribution in [2.75, 3.05) is 39.4 Å². The molecule has 1 aromatic rings. The summed E-state index contributed by atoms with van der Waals surface area (Å²) in [6.45, 7) is 3.45. The molecule has 4 heterocycles. The highest BCUT2D eigenvalue weighted by atomic mass is 32.2. The van der Waals surface area contributed by atoms with E-state index in [9.17, 15) is 13.2 Å². The lowest BCUT2D eigenvalue weighted by Gasteiger charge is -2.34. The van der Waals surface area contributed by atoms with Gasteiger partial charge in [-0.05, 0) is 37.1 Å². The van der Waals surface area contributed by atoms with Gasteiger partial charge in [-0.25, -0.2) is 8.42 Å². The lowest BCUT2D eigenvalue weighted by atomic mass is 9.97. The molecule has 1 amide bonds. The van der Waals surface area contributed by atoms with Crippen LogP contribution in [0.2, 0.25) is 0 Å². The minimum Gasteiger partial charge on any atom is -0.350 e. The summed E-state index contributed by atoms with van der Waals surface area (Å²) in [6, 6.07) is 1.57. The molecule has 0 radical (unpaired) electrons. The Labute approximate surface area is 157 Å². The van der Waals surface area contributed by atoms with Crippen molar-refractivity contribution in [3.05, 3.63) is 16.3 Å². The van der Waals surface area contributed by atoms with Gasteiger partial charge in [0, 0.05) is 32.1 Å². The van der Waals surface area contributed by atoms with Crippen molar-refractivity contribution in [1.82, 2.24) is 9.21 Å². The van der Waals surface area contributed by atoms with E-state index in [0.29, 0.717) is 44.3 Å². The van der Waals surface area contributed by atoms with Crippen LogP contribution in [0.5, 0.6) is 0 Å². The molecule has 144 valence electrons. The first-order valence-corrected chi connectivity index (χ1v) is 11.5. The molecular formula is C17H24N2O5S2. The van der Waals surface area contributed by atoms with Crippen LogP contribution in [0, 0.1) is 5.92 Å². The van der Waals surface area contributed by atoms with Crippen LogP contribution in [0.1, 0.15) is 35.4 Å². The Morgan fingerprint density at radius 2 is 1.85 bits per heavy atom. The summed E-state index contributed by atoms with van der Waals surface area (Å²) in [7, 11) is -3.59. The Morgan fingerprint density at radius 3 is 2.58 bits per heavy atom. The fraction of sp³-hybridized carbons (Fsp3) is 0.706. The zero-order valence-corrected chi connectivity index (χ0v) is 16.3. The molecule has 0 bridgehead atoms. The van der Waals surface area contributed by atoms with Gasteiger partial charge in [0.25, 0.3) is 5.91 Å². The van der Waals surface area contributed by atoms with E-state index < -0.39 is 10.0 Å². The predicted octanol–water partition coefficient (Wildman–Crippen LogP) is 1.76. The third kappa shape index (κ3) is 3.43. The lowest BCUT2D eigenvalue weighted by molar-refractivity contribution is -0.0969. The van der Waals surface area contributed by atoms with Crippen LogP contribution in [-0.2, 0) is 19.5 Å². The largest absolute Gasteiger partial charge is 0.350 e. The number of carbonyl (C=O) groups is 1. The molecule has 7 nitrogen and oxygen atoms in total. The number of nitrogens with zero attached hydrogens (tertiary/aromatic N) is 2. The second-order valence-electron chi connectivity index (χ2n) is 6.99. The predicted molar refractivity (Wildman–Crippen MR) is 96.6 cm³/mol. The van der Waals surface area contributed by atoms with Crippen LogP contribution in [-0.4, -0.2) is 69.2 Å². The third-order valence-electron chi connectivity index (χ3n) is 5.28. The van der Waals surface area contributed by atoms with Crippen molar-refractivity contribution in [2.24, 2.45) is 5.92 Å². The summed E-state index contributed by atoms with van der Waals surface area (Å²) >= 11 is 1.21. The highest BCUT2D eigenvalue weighted by Crippen LogP contribution is 2.31. The second kappa shape index (κ2) is 7.55. The van der Waals surface area contributed by atoms with Crippen LogP contribution in [0.15, 0.2) is 16.3 Å². The summed E-state index contributed by atoms with van der Waals surface area (Å²) in [5, 5.41) is 1.70. The molecule has 1 aromatic heterocycles. The zero-order valence-electron chi connectivity index (χ0n) is 14.6. The number of thiophene rings is 1. The van der Waals surface area contributed by atoms with E-state index in [2.05, 4.69) is 0 Å². The molecule has 0 aromatic carbocycles. The molecule has 3 aliphatic rings. The summed E-state index contributed by atoms with van der Waals surface area (Å²) in [6.07, 6.45) is 3.34. The van der Waals surface area contributed by atoms with E-state index in [0.717, 1.165) is 25.7 Å². The van der Waals surface area contributed by atoms with E-state index in [4.69, 9.17) is 9.47 Å². The van der Waals surface area contributed by atoms with Crippen LogP contribution in [0.25, 0.3) is 0 Å². The van der Waals surface area contributed by atoms with E-state index >= 15 is 0 Å². The van der Waals surface area contributed by atoms with Crippen molar-refractivity contribution >= 4 is 27.3 Å². The van der Waals surface area contributed by atoms with Crippen molar-refractivity contribution in [3.8, 4) is 0 Å². The Bertz CT molecular complexity index is 751. The molecule has 3 aliphatic heterocycles. The molecule has 9 heteroatoms. The SMILES string of the molecule is O=C(c1sccc1S(=O)(=O)N1CCCC1)N1CCCC(C2OCCO2)C1. The summed E-state index contributed by atoms with van der Waals surface area (Å²) in [5.74, 6) is -0.0470. The summed E-state index contributed by atoms with van der Waals surface area (Å²) in [5.41, 5.74) is 0. The van der Waals surface area contributed by atoms with E-state index in [-0.39, 0.29) is 23.0 Å². The average molecular weight is 401 g/mol. The summed E-state index contributed by atoms with van der Waals surface area (Å²) in [4.78, 5) is 15.3. The zero-order chi connectivity index (χ0) is 18.1. The fourth-order valence-electron chi connectivity index (χ4n) is 3.93. The Kier molecular flexibility index (Phi) is 5.34. The number of hydrogen-bond donors (Lipinski definition) is 0. The van der Waals surface area contributed by atoms with Crippen LogP contribution >= 0.6 is 11.3 Å². The van der Waals surface area contributed by atoms with Gasteiger partial charge in [0.1, 0.15) is 9.77 Å². The van der Waals surface area contributed by atoms with Gasteiger partial charge < -0.3 is 14.4 Å². The van der Waals surface area contributed by atoms with Gasteiger partial charge in [0.2, 0.25) is 10.0 Å². The number of carbonyl (C=O) groups excluding carboxylic acids is 1. The molecule has 0 aliphatic carbocycles. The Hall–Kier alpha value is -1.00. The molecule has 4 rings (SSSR count). The maximum absolute atomic E-state index is 13.1. The Balaban J connectivity index is 1.52. The highest BCUT2D eigenvalue weighted by Gasteiger charge is 2.36. The minimum absolute atomic E-state index is 0.147. The van der Waals surface area contributed by atoms with E-state index in [1.165, 1.54) is 15.6 Å². The highest BCUT2D eigenvalue weighted by molar-refractivity contribution is 7.89. The molecule has 3 fully saturated rings. The standard InChI is InChI=1S/C17H24N2O5S2/c20-16(18-6-3-4-13(12-18)17-23-9-10-24-17)15-14(5-11-25-15)26(21,22)19-7-1-2-8-19/h5,11,13,17H,1-4,6-10,12H2. The van der Waals surface area contributed by atoms with Crippen molar-refractivity contribution in [2.45, 2.75) is 36.9 Å². The average Bonchev–Trinajstić information content (AvgIpc) is 3.43. The van der Waals surface area contributed by atoms with Gasteiger partial charge in [-0.3, -0.25) is 4.79 Å². The smallest absolute Gasteiger partial charge is 0.265 e. The molecule has 3 saturated heterocycles. The second-order valence-corrected chi connectivity index (χ2v) is 9.81. The van der Waals surface area contributed by atoms with Gasteiger partial charge in [-0.15, -0.1) is 11.3 Å². The number of piperidine rings is 1. The molecule has 1 unspecified atom stereocenters. The number of amides is 1. The van der Waals surface area contributed by atoms with Crippen LogP contribution in [0.4, 0.5) is 0 Å². The van der Waals surface area contributed by atoms with Crippen molar-refractivity contribution in [3.63, 3.8) is 0 Å². The number of rotatable bonds is 4. The Morgan fingerprint density at radius 1 is 1.12 bits per heavy atom. The molecule has 0 saturated carbocycles. The monoisotopic (exact) mass is 400 g/mol. The normalized spacial score (nSPS) is 25.8. The molecular weight excluding hydrogens is 376 g/mol. The molecule has 0 N–H and O–H groups in total. The number of ether oxygens (including phenoxy) is 2. The lowest BCUT2D eigenvalue weighted by Crippen LogP contribution is -2.44. The first-order valence-electron chi connectivity index (χ1n) is 9.17. The number of sulfonamides is 1. The van der Waals surface area contributed by atoms with Gasteiger partial charge in [-0.1, -0.05) is 0 Å². The molecule has 1 atom stereocenters. The van der Waals surface area contributed by atoms with Gasteiger partial charge in [0.05, 0.1) is 13.2 Å². The van der Waals surface area contributed by atoms with Gasteiger partial charge >= 0.3 is 0 Å². The maximum Gasteiger partial charge on any atom is 0.265 e. The first-order chi connectivity index (χ1) is 12.6.